The number of rotatable bonds is 5. The van der Waals surface area contributed by atoms with Crippen LogP contribution in [0.2, 0.25) is 5.02 Å². The third-order valence-corrected chi connectivity index (χ3v) is 4.09. The van der Waals surface area contributed by atoms with Gasteiger partial charge >= 0.3 is 0 Å². The molecule has 2 aromatic rings. The minimum Gasteiger partial charge on any atom is -0.310 e. The van der Waals surface area contributed by atoms with E-state index in [-0.39, 0.29) is 6.04 Å². The van der Waals surface area contributed by atoms with Gasteiger partial charge < -0.3 is 5.32 Å². The van der Waals surface area contributed by atoms with Crippen molar-refractivity contribution in [3.63, 3.8) is 0 Å². The molecule has 106 valence electrons. The average Bonchev–Trinajstić information content (AvgIpc) is 2.44. The Labute approximate surface area is 126 Å². The van der Waals surface area contributed by atoms with Crippen molar-refractivity contribution in [2.45, 2.75) is 33.2 Å². The second-order valence-electron chi connectivity index (χ2n) is 5.07. The van der Waals surface area contributed by atoms with E-state index < -0.39 is 0 Å². The van der Waals surface area contributed by atoms with Crippen molar-refractivity contribution >= 4 is 11.6 Å². The minimum absolute atomic E-state index is 0.278. The van der Waals surface area contributed by atoms with Gasteiger partial charge in [0.05, 0.1) is 5.02 Å². The van der Waals surface area contributed by atoms with Crippen molar-refractivity contribution in [3.05, 3.63) is 63.9 Å². The summed E-state index contributed by atoms with van der Waals surface area (Å²) in [5, 5.41) is 4.30. The molecule has 0 saturated carbocycles. The molecule has 1 N–H and O–H groups in total. The summed E-state index contributed by atoms with van der Waals surface area (Å²) in [6.07, 6.45) is 4.38. The number of likely N-dealkylation sites (N-methyl/N-ethyl adjacent to an activating group) is 1. The highest BCUT2D eigenvalue weighted by molar-refractivity contribution is 6.31. The van der Waals surface area contributed by atoms with Gasteiger partial charge in [-0.1, -0.05) is 36.7 Å². The molecule has 3 heteroatoms. The first-order chi connectivity index (χ1) is 9.63. The van der Waals surface area contributed by atoms with Gasteiger partial charge in [-0.05, 0) is 55.1 Å². The van der Waals surface area contributed by atoms with E-state index in [0.29, 0.717) is 0 Å². The SMILES string of the molecule is CCNC(Cc1ccncc1Cl)c1cccc(C)c1C. The normalized spacial score (nSPS) is 12.4. The van der Waals surface area contributed by atoms with Gasteiger partial charge in [-0.3, -0.25) is 4.98 Å². The summed E-state index contributed by atoms with van der Waals surface area (Å²) in [6.45, 7) is 7.40. The lowest BCUT2D eigenvalue weighted by molar-refractivity contribution is 0.547. The van der Waals surface area contributed by atoms with Gasteiger partial charge in [0, 0.05) is 18.4 Å². The fourth-order valence-corrected chi connectivity index (χ4v) is 2.68. The molecule has 0 spiro atoms. The highest BCUT2D eigenvalue weighted by Gasteiger charge is 2.15. The van der Waals surface area contributed by atoms with Crippen LogP contribution in [0.4, 0.5) is 0 Å². The van der Waals surface area contributed by atoms with Gasteiger partial charge in [0.15, 0.2) is 0 Å². The predicted molar refractivity (Wildman–Crippen MR) is 85.3 cm³/mol. The van der Waals surface area contributed by atoms with Crippen LogP contribution in [0.1, 0.15) is 35.2 Å². The van der Waals surface area contributed by atoms with Crippen LogP contribution < -0.4 is 5.32 Å². The lowest BCUT2D eigenvalue weighted by Gasteiger charge is -2.22. The summed E-state index contributed by atoms with van der Waals surface area (Å²) in [7, 11) is 0. The zero-order valence-corrected chi connectivity index (χ0v) is 13.0. The Morgan fingerprint density at radius 1 is 1.25 bits per heavy atom. The summed E-state index contributed by atoms with van der Waals surface area (Å²) in [4.78, 5) is 4.05. The molecule has 2 rings (SSSR count). The molecule has 1 aromatic heterocycles. The van der Waals surface area contributed by atoms with Crippen LogP contribution >= 0.6 is 11.6 Å². The van der Waals surface area contributed by atoms with Crippen LogP contribution in [0.25, 0.3) is 0 Å². The lowest BCUT2D eigenvalue weighted by atomic mass is 9.93. The Morgan fingerprint density at radius 3 is 2.75 bits per heavy atom. The van der Waals surface area contributed by atoms with Crippen molar-refractivity contribution in [1.82, 2.24) is 10.3 Å². The summed E-state index contributed by atoms with van der Waals surface area (Å²) in [5.41, 5.74) is 5.16. The second kappa shape index (κ2) is 6.87. The van der Waals surface area contributed by atoms with Crippen LogP contribution in [-0.2, 0) is 6.42 Å². The fraction of sp³-hybridized carbons (Fsp3) is 0.353. The zero-order chi connectivity index (χ0) is 14.5. The van der Waals surface area contributed by atoms with E-state index in [9.17, 15) is 0 Å². The van der Waals surface area contributed by atoms with E-state index in [1.54, 1.807) is 12.4 Å². The lowest BCUT2D eigenvalue weighted by Crippen LogP contribution is -2.24. The molecule has 0 saturated heterocycles. The molecule has 0 bridgehead atoms. The van der Waals surface area contributed by atoms with Crippen LogP contribution in [0, 0.1) is 13.8 Å². The summed E-state index contributed by atoms with van der Waals surface area (Å²) in [5.74, 6) is 0. The van der Waals surface area contributed by atoms with Crippen molar-refractivity contribution in [2.75, 3.05) is 6.54 Å². The quantitative estimate of drug-likeness (QED) is 0.890. The van der Waals surface area contributed by atoms with Crippen molar-refractivity contribution < 1.29 is 0 Å². The van der Waals surface area contributed by atoms with Gasteiger partial charge in [-0.15, -0.1) is 0 Å². The standard InChI is InChI=1S/C17H21ClN2/c1-4-20-17(10-14-8-9-19-11-16(14)18)15-7-5-6-12(2)13(15)3/h5-9,11,17,20H,4,10H2,1-3H3. The number of nitrogens with one attached hydrogen (secondary N) is 1. The maximum absolute atomic E-state index is 6.24. The summed E-state index contributed by atoms with van der Waals surface area (Å²) < 4.78 is 0. The second-order valence-corrected chi connectivity index (χ2v) is 5.48. The first-order valence-corrected chi connectivity index (χ1v) is 7.39. The minimum atomic E-state index is 0.278. The number of benzene rings is 1. The Kier molecular flexibility index (Phi) is 5.16. The fourth-order valence-electron chi connectivity index (χ4n) is 2.48. The first kappa shape index (κ1) is 15.0. The molecule has 0 radical (unpaired) electrons. The van der Waals surface area contributed by atoms with Gasteiger partial charge in [-0.2, -0.15) is 0 Å². The Balaban J connectivity index is 2.32. The molecule has 0 amide bonds. The Morgan fingerprint density at radius 2 is 2.05 bits per heavy atom. The van der Waals surface area contributed by atoms with Crippen molar-refractivity contribution in [1.29, 1.82) is 0 Å². The van der Waals surface area contributed by atoms with Crippen LogP contribution in [-0.4, -0.2) is 11.5 Å². The number of halogens is 1. The molecule has 0 fully saturated rings. The molecule has 0 aliphatic heterocycles. The summed E-state index contributed by atoms with van der Waals surface area (Å²) in [6, 6.07) is 8.75. The van der Waals surface area contributed by atoms with Crippen LogP contribution in [0.15, 0.2) is 36.7 Å². The zero-order valence-electron chi connectivity index (χ0n) is 12.3. The van der Waals surface area contributed by atoms with Gasteiger partial charge in [-0.25, -0.2) is 0 Å². The van der Waals surface area contributed by atoms with E-state index >= 15 is 0 Å². The maximum atomic E-state index is 6.24. The van der Waals surface area contributed by atoms with Crippen LogP contribution in [0.3, 0.4) is 0 Å². The van der Waals surface area contributed by atoms with E-state index in [0.717, 1.165) is 23.6 Å². The molecule has 0 aliphatic rings. The number of nitrogens with zero attached hydrogens (tertiary/aromatic N) is 1. The van der Waals surface area contributed by atoms with Gasteiger partial charge in [0.1, 0.15) is 0 Å². The highest BCUT2D eigenvalue weighted by Crippen LogP contribution is 2.26. The highest BCUT2D eigenvalue weighted by atomic mass is 35.5. The third-order valence-electron chi connectivity index (χ3n) is 3.75. The van der Waals surface area contributed by atoms with Crippen molar-refractivity contribution in [3.8, 4) is 0 Å². The van der Waals surface area contributed by atoms with Crippen molar-refractivity contribution in [2.24, 2.45) is 0 Å². The number of pyridine rings is 1. The first-order valence-electron chi connectivity index (χ1n) is 7.01. The predicted octanol–water partition coefficient (Wildman–Crippen LogP) is 4.25. The number of aromatic nitrogens is 1. The van der Waals surface area contributed by atoms with Gasteiger partial charge in [0.2, 0.25) is 0 Å². The Hall–Kier alpha value is -1.38. The molecule has 0 aliphatic carbocycles. The smallest absolute Gasteiger partial charge is 0.0622 e. The summed E-state index contributed by atoms with van der Waals surface area (Å²) >= 11 is 6.24. The molecule has 2 nitrogen and oxygen atoms in total. The molecule has 1 aromatic carbocycles. The molecular weight excluding hydrogens is 268 g/mol. The molecule has 1 atom stereocenters. The molecule has 1 unspecified atom stereocenters. The van der Waals surface area contributed by atoms with E-state index in [1.807, 2.05) is 6.07 Å². The molecular formula is C17H21ClN2. The topological polar surface area (TPSA) is 24.9 Å². The third kappa shape index (κ3) is 3.38. The number of hydrogen-bond acceptors (Lipinski definition) is 2. The molecule has 20 heavy (non-hydrogen) atoms. The largest absolute Gasteiger partial charge is 0.310 e. The van der Waals surface area contributed by atoms with E-state index in [4.69, 9.17) is 11.6 Å². The number of hydrogen-bond donors (Lipinski definition) is 1. The van der Waals surface area contributed by atoms with Gasteiger partial charge in [0.25, 0.3) is 0 Å². The monoisotopic (exact) mass is 288 g/mol. The average molecular weight is 289 g/mol. The molecule has 1 heterocycles. The maximum Gasteiger partial charge on any atom is 0.0622 e. The van der Waals surface area contributed by atoms with E-state index in [1.165, 1.54) is 16.7 Å². The Bertz CT molecular complexity index is 581. The van der Waals surface area contributed by atoms with Crippen LogP contribution in [0.5, 0.6) is 0 Å². The number of aryl methyl sites for hydroxylation is 1. The van der Waals surface area contributed by atoms with E-state index in [2.05, 4.69) is 49.3 Å².